The van der Waals surface area contributed by atoms with Gasteiger partial charge in [-0.15, -0.1) is 0 Å². The van der Waals surface area contributed by atoms with Crippen LogP contribution in [0.1, 0.15) is 24.7 Å². The van der Waals surface area contributed by atoms with Gasteiger partial charge >= 0.3 is 0 Å². The van der Waals surface area contributed by atoms with Crippen LogP contribution in [0.5, 0.6) is 0 Å². The molecule has 0 aliphatic heterocycles. The molecule has 0 aliphatic rings. The maximum Gasteiger partial charge on any atom is 0.223 e. The number of nitrogens with zero attached hydrogens (tertiary/aromatic N) is 2. The molecule has 0 spiro atoms. The third-order valence-corrected chi connectivity index (χ3v) is 3.86. The molecule has 0 radical (unpaired) electrons. The largest absolute Gasteiger partial charge is 0.461 e. The SMILES string of the molecule is CC(O)(CC(=O)NCCc1nc(-c2ccco2)n[nH]1)c1ccccc1. The van der Waals surface area contributed by atoms with Crippen molar-refractivity contribution in [3.8, 4) is 11.6 Å². The Morgan fingerprint density at radius 1 is 1.28 bits per heavy atom. The van der Waals surface area contributed by atoms with Gasteiger partial charge in [0.05, 0.1) is 18.3 Å². The molecule has 3 N–H and O–H groups in total. The molecule has 3 rings (SSSR count). The Hall–Kier alpha value is -2.93. The van der Waals surface area contributed by atoms with Gasteiger partial charge in [0.2, 0.25) is 11.7 Å². The predicted molar refractivity (Wildman–Crippen MR) is 91.4 cm³/mol. The van der Waals surface area contributed by atoms with Gasteiger partial charge in [-0.1, -0.05) is 30.3 Å². The highest BCUT2D eigenvalue weighted by atomic mass is 16.3. The van der Waals surface area contributed by atoms with Crippen LogP contribution in [0, 0.1) is 0 Å². The molecule has 3 aromatic rings. The summed E-state index contributed by atoms with van der Waals surface area (Å²) in [4.78, 5) is 16.4. The van der Waals surface area contributed by atoms with Crippen LogP contribution < -0.4 is 5.32 Å². The Bertz CT molecular complexity index is 810. The number of furan rings is 1. The summed E-state index contributed by atoms with van der Waals surface area (Å²) in [5, 5.41) is 20.2. The molecular formula is C18H20N4O3. The predicted octanol–water partition coefficient (Wildman–Crippen LogP) is 2.02. The summed E-state index contributed by atoms with van der Waals surface area (Å²) in [6.07, 6.45) is 2.06. The van der Waals surface area contributed by atoms with Crippen LogP contribution in [0.3, 0.4) is 0 Å². The molecule has 1 amide bonds. The number of carbonyl (C=O) groups excluding carboxylic acids is 1. The van der Waals surface area contributed by atoms with E-state index in [1.807, 2.05) is 18.2 Å². The lowest BCUT2D eigenvalue weighted by Gasteiger charge is -2.23. The van der Waals surface area contributed by atoms with Crippen molar-refractivity contribution in [2.45, 2.75) is 25.4 Å². The number of H-pyrrole nitrogens is 1. The van der Waals surface area contributed by atoms with E-state index in [9.17, 15) is 9.90 Å². The van der Waals surface area contributed by atoms with Crippen LogP contribution in [0.15, 0.2) is 53.1 Å². The van der Waals surface area contributed by atoms with Crippen LogP contribution >= 0.6 is 0 Å². The van der Waals surface area contributed by atoms with Crippen LogP contribution in [0.2, 0.25) is 0 Å². The number of aromatic amines is 1. The molecule has 7 nitrogen and oxygen atoms in total. The minimum Gasteiger partial charge on any atom is -0.461 e. The Kier molecular flexibility index (Phi) is 4.95. The summed E-state index contributed by atoms with van der Waals surface area (Å²) in [5.74, 6) is 1.50. The summed E-state index contributed by atoms with van der Waals surface area (Å²) in [6, 6.07) is 12.7. The van der Waals surface area contributed by atoms with Gasteiger partial charge in [-0.3, -0.25) is 9.89 Å². The van der Waals surface area contributed by atoms with Crippen LogP contribution in [0.4, 0.5) is 0 Å². The highest BCUT2D eigenvalue weighted by molar-refractivity contribution is 5.77. The van der Waals surface area contributed by atoms with Crippen molar-refractivity contribution in [2.75, 3.05) is 6.54 Å². The number of rotatable bonds is 7. The Balaban J connectivity index is 1.48. The molecule has 1 aromatic carbocycles. The second-order valence-corrected chi connectivity index (χ2v) is 6.00. The highest BCUT2D eigenvalue weighted by Crippen LogP contribution is 2.23. The fourth-order valence-corrected chi connectivity index (χ4v) is 2.52. The van der Waals surface area contributed by atoms with Crippen molar-refractivity contribution < 1.29 is 14.3 Å². The van der Waals surface area contributed by atoms with E-state index in [4.69, 9.17) is 4.42 Å². The van der Waals surface area contributed by atoms with Gasteiger partial charge in [-0.25, -0.2) is 4.98 Å². The monoisotopic (exact) mass is 340 g/mol. The molecule has 7 heteroatoms. The number of amides is 1. The highest BCUT2D eigenvalue weighted by Gasteiger charge is 2.26. The van der Waals surface area contributed by atoms with E-state index in [2.05, 4.69) is 20.5 Å². The Morgan fingerprint density at radius 3 is 2.80 bits per heavy atom. The average Bonchev–Trinajstić information content (AvgIpc) is 3.26. The topological polar surface area (TPSA) is 104 Å². The number of carbonyl (C=O) groups is 1. The first-order valence-electron chi connectivity index (χ1n) is 8.04. The van der Waals surface area contributed by atoms with Crippen molar-refractivity contribution in [1.29, 1.82) is 0 Å². The molecule has 0 saturated heterocycles. The van der Waals surface area contributed by atoms with Crippen LogP contribution in [-0.4, -0.2) is 32.7 Å². The quantitative estimate of drug-likeness (QED) is 0.610. The van der Waals surface area contributed by atoms with E-state index < -0.39 is 5.60 Å². The first-order chi connectivity index (χ1) is 12.0. The molecule has 0 fully saturated rings. The lowest BCUT2D eigenvalue weighted by molar-refractivity contribution is -0.125. The maximum atomic E-state index is 12.1. The van der Waals surface area contributed by atoms with E-state index in [0.717, 1.165) is 0 Å². The van der Waals surface area contributed by atoms with E-state index in [1.165, 1.54) is 0 Å². The van der Waals surface area contributed by atoms with Gasteiger partial charge in [0.25, 0.3) is 0 Å². The molecule has 1 unspecified atom stereocenters. The minimum absolute atomic E-state index is 0.00887. The Labute approximate surface area is 145 Å². The minimum atomic E-state index is -1.20. The number of aromatic nitrogens is 3. The number of aliphatic hydroxyl groups is 1. The summed E-state index contributed by atoms with van der Waals surface area (Å²) in [6.45, 7) is 2.03. The summed E-state index contributed by atoms with van der Waals surface area (Å²) >= 11 is 0. The first kappa shape index (κ1) is 16.9. The summed E-state index contributed by atoms with van der Waals surface area (Å²) in [5.41, 5.74) is -0.493. The van der Waals surface area contributed by atoms with Crippen LogP contribution in [0.25, 0.3) is 11.6 Å². The van der Waals surface area contributed by atoms with Crippen molar-refractivity contribution in [3.63, 3.8) is 0 Å². The zero-order valence-electron chi connectivity index (χ0n) is 13.9. The lowest BCUT2D eigenvalue weighted by atomic mass is 9.92. The normalized spacial score (nSPS) is 13.4. The number of benzene rings is 1. The maximum absolute atomic E-state index is 12.1. The van der Waals surface area contributed by atoms with Gasteiger partial charge in [-0.05, 0) is 24.6 Å². The van der Waals surface area contributed by atoms with Crippen molar-refractivity contribution in [2.24, 2.45) is 0 Å². The third kappa shape index (κ3) is 4.33. The fourth-order valence-electron chi connectivity index (χ4n) is 2.52. The molecule has 2 heterocycles. The molecule has 1 atom stereocenters. The second-order valence-electron chi connectivity index (χ2n) is 6.00. The third-order valence-electron chi connectivity index (χ3n) is 3.86. The fraction of sp³-hybridized carbons (Fsp3) is 0.278. The first-order valence-corrected chi connectivity index (χ1v) is 8.04. The van der Waals surface area contributed by atoms with Crippen LogP contribution in [-0.2, 0) is 16.8 Å². The zero-order valence-corrected chi connectivity index (χ0v) is 13.9. The summed E-state index contributed by atoms with van der Waals surface area (Å²) in [7, 11) is 0. The second kappa shape index (κ2) is 7.31. The van der Waals surface area contributed by atoms with Gasteiger partial charge in [0, 0.05) is 13.0 Å². The molecule has 2 aromatic heterocycles. The molecule has 130 valence electrons. The van der Waals surface area contributed by atoms with Gasteiger partial charge in [0.1, 0.15) is 5.82 Å². The molecule has 0 saturated carbocycles. The zero-order chi connectivity index (χ0) is 17.7. The van der Waals surface area contributed by atoms with Crippen molar-refractivity contribution >= 4 is 5.91 Å². The smallest absolute Gasteiger partial charge is 0.223 e. The number of hydrogen-bond donors (Lipinski definition) is 3. The van der Waals surface area contributed by atoms with Crippen molar-refractivity contribution in [3.05, 3.63) is 60.1 Å². The van der Waals surface area contributed by atoms with Crippen molar-refractivity contribution in [1.82, 2.24) is 20.5 Å². The lowest BCUT2D eigenvalue weighted by Crippen LogP contribution is -2.33. The molecule has 0 bridgehead atoms. The van der Waals surface area contributed by atoms with Gasteiger partial charge in [0.15, 0.2) is 5.76 Å². The van der Waals surface area contributed by atoms with E-state index in [0.29, 0.717) is 35.9 Å². The molecular weight excluding hydrogens is 320 g/mol. The van der Waals surface area contributed by atoms with Gasteiger partial charge < -0.3 is 14.8 Å². The molecule has 0 aliphatic carbocycles. The van der Waals surface area contributed by atoms with E-state index >= 15 is 0 Å². The standard InChI is InChI=1S/C18H20N4O3/c1-18(24,13-6-3-2-4-7-13)12-16(23)19-10-9-15-20-17(22-21-15)14-8-5-11-25-14/h2-8,11,24H,9-10,12H2,1H3,(H,19,23)(H,20,21,22). The van der Waals surface area contributed by atoms with E-state index in [-0.39, 0.29) is 12.3 Å². The number of hydrogen-bond acceptors (Lipinski definition) is 5. The molecule has 25 heavy (non-hydrogen) atoms. The summed E-state index contributed by atoms with van der Waals surface area (Å²) < 4.78 is 5.23. The average molecular weight is 340 g/mol. The van der Waals surface area contributed by atoms with Gasteiger partial charge in [-0.2, -0.15) is 5.10 Å². The van der Waals surface area contributed by atoms with E-state index in [1.54, 1.807) is 37.5 Å². The number of nitrogens with one attached hydrogen (secondary N) is 2. The Morgan fingerprint density at radius 2 is 2.08 bits per heavy atom.